The lowest BCUT2D eigenvalue weighted by Crippen LogP contribution is -2.14. The van der Waals surface area contributed by atoms with E-state index in [4.69, 9.17) is 15.7 Å². The summed E-state index contributed by atoms with van der Waals surface area (Å²) in [6, 6.07) is 12.0. The Balaban J connectivity index is 1.97. The first-order chi connectivity index (χ1) is 10.1. The molecule has 0 spiro atoms. The number of halogens is 1. The van der Waals surface area contributed by atoms with Crippen LogP contribution < -0.4 is 10.5 Å². The Morgan fingerprint density at radius 3 is 2.57 bits per heavy atom. The third-order valence-corrected chi connectivity index (χ3v) is 3.14. The van der Waals surface area contributed by atoms with E-state index >= 15 is 0 Å². The second-order valence-electron chi connectivity index (χ2n) is 4.77. The van der Waals surface area contributed by atoms with E-state index in [0.29, 0.717) is 18.8 Å². The Kier molecular flexibility index (Phi) is 4.77. The number of nitrogens with zero attached hydrogens (tertiary/aromatic N) is 1. The third kappa shape index (κ3) is 4.21. The molecule has 0 amide bonds. The van der Waals surface area contributed by atoms with E-state index in [2.05, 4.69) is 5.16 Å². The second kappa shape index (κ2) is 6.74. The molecule has 21 heavy (non-hydrogen) atoms. The third-order valence-electron chi connectivity index (χ3n) is 3.14. The maximum absolute atomic E-state index is 13.0. The first-order valence-electron chi connectivity index (χ1n) is 6.51. The molecule has 0 aliphatic rings. The van der Waals surface area contributed by atoms with Crippen LogP contribution in [-0.4, -0.2) is 11.0 Å². The van der Waals surface area contributed by atoms with Crippen molar-refractivity contribution in [1.29, 1.82) is 0 Å². The fourth-order valence-electron chi connectivity index (χ4n) is 1.93. The minimum absolute atomic E-state index is 0.158. The summed E-state index contributed by atoms with van der Waals surface area (Å²) in [6.45, 7) is 2.23. The van der Waals surface area contributed by atoms with Crippen molar-refractivity contribution in [3.63, 3.8) is 0 Å². The van der Waals surface area contributed by atoms with Crippen molar-refractivity contribution in [2.45, 2.75) is 20.0 Å². The first-order valence-corrected chi connectivity index (χ1v) is 6.51. The number of nitrogens with two attached hydrogens (primary N) is 1. The van der Waals surface area contributed by atoms with Crippen LogP contribution in [0.5, 0.6) is 5.75 Å². The number of rotatable bonds is 5. The summed E-state index contributed by atoms with van der Waals surface area (Å²) in [6.07, 6.45) is 0.383. The van der Waals surface area contributed by atoms with Gasteiger partial charge in [0.2, 0.25) is 0 Å². The molecule has 0 atom stereocenters. The van der Waals surface area contributed by atoms with Gasteiger partial charge in [-0.3, -0.25) is 0 Å². The highest BCUT2D eigenvalue weighted by atomic mass is 19.1. The average molecular weight is 288 g/mol. The van der Waals surface area contributed by atoms with Gasteiger partial charge in [-0.15, -0.1) is 0 Å². The van der Waals surface area contributed by atoms with Gasteiger partial charge < -0.3 is 15.7 Å². The van der Waals surface area contributed by atoms with Crippen LogP contribution in [0.25, 0.3) is 0 Å². The van der Waals surface area contributed by atoms with Crippen LogP contribution in [0, 0.1) is 12.7 Å². The highest BCUT2D eigenvalue weighted by Crippen LogP contribution is 2.16. The van der Waals surface area contributed by atoms with Crippen LogP contribution in [0.1, 0.15) is 16.7 Å². The monoisotopic (exact) mass is 288 g/mol. The fourth-order valence-corrected chi connectivity index (χ4v) is 1.93. The van der Waals surface area contributed by atoms with Gasteiger partial charge in [-0.25, -0.2) is 4.39 Å². The first kappa shape index (κ1) is 14.8. The van der Waals surface area contributed by atoms with Gasteiger partial charge in [0, 0.05) is 6.42 Å². The lowest BCUT2D eigenvalue weighted by atomic mass is 10.1. The SMILES string of the molecule is Cc1cc(F)ccc1COc1ccc(C/C(N)=N/O)cc1. The molecule has 0 aliphatic heterocycles. The summed E-state index contributed by atoms with van der Waals surface area (Å²) < 4.78 is 18.7. The summed E-state index contributed by atoms with van der Waals surface area (Å²) in [5, 5.41) is 11.4. The van der Waals surface area contributed by atoms with Gasteiger partial charge in [0.15, 0.2) is 0 Å². The zero-order valence-electron chi connectivity index (χ0n) is 11.7. The predicted molar refractivity (Wildman–Crippen MR) is 79.0 cm³/mol. The van der Waals surface area contributed by atoms with Crippen molar-refractivity contribution in [3.05, 3.63) is 65.0 Å². The Labute approximate surface area is 122 Å². The summed E-state index contributed by atoms with van der Waals surface area (Å²) in [7, 11) is 0. The van der Waals surface area contributed by atoms with Crippen LogP contribution >= 0.6 is 0 Å². The minimum Gasteiger partial charge on any atom is -0.489 e. The molecule has 0 radical (unpaired) electrons. The Morgan fingerprint density at radius 1 is 1.24 bits per heavy atom. The van der Waals surface area contributed by atoms with Gasteiger partial charge in [-0.05, 0) is 47.9 Å². The summed E-state index contributed by atoms with van der Waals surface area (Å²) in [5.74, 6) is 0.622. The molecular formula is C16H17FN2O2. The quantitative estimate of drug-likeness (QED) is 0.384. The maximum atomic E-state index is 13.0. The molecule has 0 unspecified atom stereocenters. The molecule has 0 saturated heterocycles. The van der Waals surface area contributed by atoms with E-state index < -0.39 is 0 Å². The molecule has 0 aromatic heterocycles. The summed E-state index contributed by atoms with van der Waals surface area (Å²) in [4.78, 5) is 0. The van der Waals surface area contributed by atoms with E-state index in [1.54, 1.807) is 6.07 Å². The summed E-state index contributed by atoms with van der Waals surface area (Å²) >= 11 is 0. The van der Waals surface area contributed by atoms with Gasteiger partial charge in [-0.2, -0.15) is 0 Å². The molecule has 2 aromatic rings. The van der Waals surface area contributed by atoms with Gasteiger partial charge in [0.1, 0.15) is 24.0 Å². The molecule has 0 saturated carbocycles. The average Bonchev–Trinajstić information content (AvgIpc) is 2.48. The summed E-state index contributed by atoms with van der Waals surface area (Å²) in [5.41, 5.74) is 8.17. The molecule has 110 valence electrons. The van der Waals surface area contributed by atoms with Crippen molar-refractivity contribution >= 4 is 5.84 Å². The van der Waals surface area contributed by atoms with Crippen LogP contribution in [-0.2, 0) is 13.0 Å². The molecule has 0 fully saturated rings. The Morgan fingerprint density at radius 2 is 1.95 bits per heavy atom. The van der Waals surface area contributed by atoms with Gasteiger partial charge in [-0.1, -0.05) is 23.4 Å². The molecule has 0 aliphatic carbocycles. The lowest BCUT2D eigenvalue weighted by molar-refractivity contribution is 0.305. The van der Waals surface area contributed by atoms with Crippen molar-refractivity contribution in [3.8, 4) is 5.75 Å². The molecule has 5 heteroatoms. The van der Waals surface area contributed by atoms with Crippen LogP contribution in [0.2, 0.25) is 0 Å². The number of aryl methyl sites for hydroxylation is 1. The Bertz CT molecular complexity index is 639. The van der Waals surface area contributed by atoms with Crippen molar-refractivity contribution in [2.75, 3.05) is 0 Å². The van der Waals surface area contributed by atoms with Crippen molar-refractivity contribution in [2.24, 2.45) is 10.9 Å². The smallest absolute Gasteiger partial charge is 0.143 e. The standard InChI is InChI=1S/C16H17FN2O2/c1-11-8-14(17)5-4-13(11)10-21-15-6-2-12(3-7-15)9-16(18)19-20/h2-8,20H,9-10H2,1H3,(H2,18,19). The largest absolute Gasteiger partial charge is 0.489 e. The fraction of sp³-hybridized carbons (Fsp3) is 0.188. The number of hydrogen-bond acceptors (Lipinski definition) is 3. The second-order valence-corrected chi connectivity index (χ2v) is 4.77. The highest BCUT2D eigenvalue weighted by molar-refractivity contribution is 5.82. The van der Waals surface area contributed by atoms with E-state index in [-0.39, 0.29) is 11.7 Å². The predicted octanol–water partition coefficient (Wildman–Crippen LogP) is 3.00. The normalized spacial score (nSPS) is 11.4. The minimum atomic E-state index is -0.247. The zero-order chi connectivity index (χ0) is 15.2. The van der Waals surface area contributed by atoms with Crippen LogP contribution in [0.3, 0.4) is 0 Å². The molecule has 0 bridgehead atoms. The molecule has 0 heterocycles. The lowest BCUT2D eigenvalue weighted by Gasteiger charge is -2.09. The number of oxime groups is 1. The highest BCUT2D eigenvalue weighted by Gasteiger charge is 2.02. The number of amidine groups is 1. The van der Waals surface area contributed by atoms with E-state index in [0.717, 1.165) is 16.7 Å². The number of benzene rings is 2. The van der Waals surface area contributed by atoms with Gasteiger partial charge >= 0.3 is 0 Å². The zero-order valence-corrected chi connectivity index (χ0v) is 11.7. The topological polar surface area (TPSA) is 67.8 Å². The van der Waals surface area contributed by atoms with E-state index in [1.165, 1.54) is 12.1 Å². The molecule has 2 aromatic carbocycles. The van der Waals surface area contributed by atoms with Gasteiger partial charge in [0.25, 0.3) is 0 Å². The maximum Gasteiger partial charge on any atom is 0.143 e. The Hall–Kier alpha value is -2.56. The van der Waals surface area contributed by atoms with E-state index in [1.807, 2.05) is 31.2 Å². The molecule has 4 nitrogen and oxygen atoms in total. The van der Waals surface area contributed by atoms with Crippen molar-refractivity contribution < 1.29 is 14.3 Å². The molecular weight excluding hydrogens is 271 g/mol. The van der Waals surface area contributed by atoms with E-state index in [9.17, 15) is 4.39 Å². The molecule has 2 rings (SSSR count). The number of hydrogen-bond donors (Lipinski definition) is 2. The van der Waals surface area contributed by atoms with Crippen molar-refractivity contribution in [1.82, 2.24) is 0 Å². The molecule has 3 N–H and O–H groups in total. The van der Waals surface area contributed by atoms with Crippen LogP contribution in [0.4, 0.5) is 4.39 Å². The van der Waals surface area contributed by atoms with Crippen LogP contribution in [0.15, 0.2) is 47.6 Å². The number of ether oxygens (including phenoxy) is 1. The van der Waals surface area contributed by atoms with Gasteiger partial charge in [0.05, 0.1) is 0 Å².